The molecule has 0 aliphatic rings. The molecule has 0 saturated carbocycles. The van der Waals surface area contributed by atoms with Crippen LogP contribution in [0.3, 0.4) is 0 Å². The van der Waals surface area contributed by atoms with Crippen molar-refractivity contribution >= 4 is 11.3 Å². The number of benzene rings is 2. The summed E-state index contributed by atoms with van der Waals surface area (Å²) in [4.78, 5) is 0. The minimum atomic E-state index is -0.668. The van der Waals surface area contributed by atoms with Crippen molar-refractivity contribution in [1.82, 2.24) is 59.6 Å². The molecule has 2 aromatic carbocycles. The minimum absolute atomic E-state index is 0.138. The number of fused-ring (bicyclic) bond motifs is 2. The topological polar surface area (TPSA) is 133 Å². The van der Waals surface area contributed by atoms with E-state index in [0.717, 1.165) is 23.8 Å². The second-order valence-electron chi connectivity index (χ2n) is 14.3. The van der Waals surface area contributed by atoms with E-state index in [9.17, 15) is 17.6 Å². The van der Waals surface area contributed by atoms with E-state index in [0.29, 0.717) is 45.2 Å². The molecular weight excluding hydrogens is 700 g/mol. The number of nitrogens with zero attached hydrogens (tertiary/aromatic N) is 11. The smallest absolute Gasteiger partial charge is 0.177 e. The Labute approximate surface area is 306 Å². The maximum atomic E-state index is 14.6. The van der Waals surface area contributed by atoms with Crippen LogP contribution in [0.4, 0.5) is 17.6 Å². The van der Waals surface area contributed by atoms with E-state index in [1.807, 2.05) is 66.8 Å². The number of nitrogens with one attached hydrogen (secondary N) is 1. The van der Waals surface area contributed by atoms with E-state index < -0.39 is 23.3 Å². The molecule has 0 amide bonds. The van der Waals surface area contributed by atoms with Gasteiger partial charge in [-0.15, -0.1) is 20.4 Å². The molecular formula is C38H36F4N12. The van der Waals surface area contributed by atoms with Crippen molar-refractivity contribution in [3.8, 4) is 45.0 Å². The van der Waals surface area contributed by atoms with Crippen LogP contribution in [0, 0.1) is 23.3 Å². The molecule has 276 valence electrons. The molecule has 0 fully saturated rings. The molecule has 12 nitrogen and oxygen atoms in total. The normalized spacial score (nSPS) is 11.9. The van der Waals surface area contributed by atoms with Crippen LogP contribution in [0.25, 0.3) is 56.3 Å². The summed E-state index contributed by atoms with van der Waals surface area (Å²) in [6.45, 7) is 14.0. The zero-order valence-electron chi connectivity index (χ0n) is 30.5. The second kappa shape index (κ2) is 13.9. The van der Waals surface area contributed by atoms with Crippen LogP contribution in [0.1, 0.15) is 72.0 Å². The summed E-state index contributed by atoms with van der Waals surface area (Å²) in [6, 6.07) is 14.1. The summed E-state index contributed by atoms with van der Waals surface area (Å²) in [6.07, 6.45) is 3.40. The van der Waals surface area contributed by atoms with Crippen LogP contribution in [0.15, 0.2) is 73.1 Å². The molecule has 0 spiro atoms. The van der Waals surface area contributed by atoms with E-state index >= 15 is 0 Å². The Hall–Kier alpha value is -6.32. The lowest BCUT2D eigenvalue weighted by Gasteiger charge is -2.18. The molecule has 0 radical (unpaired) electrons. The Morgan fingerprint density at radius 2 is 1.11 bits per heavy atom. The fourth-order valence-corrected chi connectivity index (χ4v) is 5.78. The average Bonchev–Trinajstić information content (AvgIpc) is 3.93. The van der Waals surface area contributed by atoms with Gasteiger partial charge in [-0.25, -0.2) is 17.6 Å². The summed E-state index contributed by atoms with van der Waals surface area (Å²) in [5, 5.41) is 37.2. The zero-order chi connectivity index (χ0) is 38.5. The van der Waals surface area contributed by atoms with E-state index in [-0.39, 0.29) is 28.5 Å². The van der Waals surface area contributed by atoms with Crippen molar-refractivity contribution in [2.24, 2.45) is 0 Å². The predicted octanol–water partition coefficient (Wildman–Crippen LogP) is 8.39. The molecule has 54 heavy (non-hydrogen) atoms. The maximum Gasteiger partial charge on any atom is 0.177 e. The third-order valence-corrected chi connectivity index (χ3v) is 8.59. The molecule has 0 unspecified atom stereocenters. The largest absolute Gasteiger partial charge is 0.277 e. The fraction of sp³-hybridized carbons (Fsp3) is 0.263. The highest BCUT2D eigenvalue weighted by molar-refractivity contribution is 5.80. The van der Waals surface area contributed by atoms with Crippen LogP contribution in [-0.2, 0) is 5.54 Å². The van der Waals surface area contributed by atoms with E-state index in [2.05, 4.69) is 40.8 Å². The first-order valence-electron chi connectivity index (χ1n) is 17.2. The number of aromatic amines is 1. The number of rotatable bonds is 6. The van der Waals surface area contributed by atoms with Gasteiger partial charge in [0.05, 0.1) is 28.8 Å². The number of halogens is 4. The van der Waals surface area contributed by atoms with Crippen LogP contribution in [0.2, 0.25) is 0 Å². The molecule has 0 aliphatic heterocycles. The van der Waals surface area contributed by atoms with E-state index in [4.69, 9.17) is 5.10 Å². The van der Waals surface area contributed by atoms with Gasteiger partial charge in [0, 0.05) is 52.4 Å². The molecule has 16 heteroatoms. The highest BCUT2D eigenvalue weighted by atomic mass is 19.1. The first-order chi connectivity index (χ1) is 25.7. The van der Waals surface area contributed by atoms with Gasteiger partial charge in [0.25, 0.3) is 0 Å². The van der Waals surface area contributed by atoms with E-state index in [1.165, 1.54) is 24.3 Å². The van der Waals surface area contributed by atoms with Gasteiger partial charge in [0.15, 0.2) is 22.9 Å². The Morgan fingerprint density at radius 1 is 0.593 bits per heavy atom. The number of hydrogen-bond donors (Lipinski definition) is 1. The summed E-state index contributed by atoms with van der Waals surface area (Å²) in [5.74, 6) is -0.844. The van der Waals surface area contributed by atoms with Gasteiger partial charge in [0.2, 0.25) is 0 Å². The maximum absolute atomic E-state index is 14.6. The highest BCUT2D eigenvalue weighted by Crippen LogP contribution is 2.34. The Bertz CT molecular complexity index is 2630. The van der Waals surface area contributed by atoms with Gasteiger partial charge in [-0.2, -0.15) is 29.4 Å². The predicted molar refractivity (Wildman–Crippen MR) is 194 cm³/mol. The summed E-state index contributed by atoms with van der Waals surface area (Å²) >= 11 is 0. The monoisotopic (exact) mass is 736 g/mol. The lowest BCUT2D eigenvalue weighted by atomic mass is 10.0. The SMILES string of the molecule is CC(C)c1nnc2ccc(-c3cn(C(C)(C)C)nc3-c3ccc(F)cc3F)nn12.CC(C)c1nnc2ccc(-c3cn[nH]c3-c3ccc(F)cc3F)nn12. The van der Waals surface area contributed by atoms with Gasteiger partial charge >= 0.3 is 0 Å². The van der Waals surface area contributed by atoms with Crippen LogP contribution in [0.5, 0.6) is 0 Å². The van der Waals surface area contributed by atoms with Gasteiger partial charge in [0.1, 0.15) is 29.0 Å². The fourth-order valence-electron chi connectivity index (χ4n) is 5.78. The number of aromatic nitrogens is 12. The quantitative estimate of drug-likeness (QED) is 0.168. The first-order valence-corrected chi connectivity index (χ1v) is 17.2. The lowest BCUT2D eigenvalue weighted by molar-refractivity contribution is 0.356. The Morgan fingerprint density at radius 3 is 1.61 bits per heavy atom. The van der Waals surface area contributed by atoms with Gasteiger partial charge < -0.3 is 0 Å². The van der Waals surface area contributed by atoms with Crippen molar-refractivity contribution in [1.29, 1.82) is 0 Å². The molecule has 8 aromatic rings. The summed E-state index contributed by atoms with van der Waals surface area (Å²) in [7, 11) is 0. The van der Waals surface area contributed by atoms with Crippen LogP contribution < -0.4 is 0 Å². The van der Waals surface area contributed by atoms with Crippen molar-refractivity contribution in [3.63, 3.8) is 0 Å². The first kappa shape index (κ1) is 36.1. The van der Waals surface area contributed by atoms with Crippen molar-refractivity contribution in [2.45, 2.75) is 65.8 Å². The van der Waals surface area contributed by atoms with Gasteiger partial charge in [-0.05, 0) is 69.3 Å². The van der Waals surface area contributed by atoms with E-state index in [1.54, 1.807) is 32.0 Å². The Kier molecular flexibility index (Phi) is 9.29. The average molecular weight is 737 g/mol. The molecule has 1 N–H and O–H groups in total. The molecule has 0 saturated heterocycles. The van der Waals surface area contributed by atoms with Crippen molar-refractivity contribution in [3.05, 3.63) is 108 Å². The number of hydrogen-bond acceptors (Lipinski definition) is 8. The van der Waals surface area contributed by atoms with Crippen LogP contribution >= 0.6 is 0 Å². The van der Waals surface area contributed by atoms with Crippen molar-refractivity contribution < 1.29 is 17.6 Å². The third-order valence-electron chi connectivity index (χ3n) is 8.59. The molecule has 6 aromatic heterocycles. The third kappa shape index (κ3) is 6.81. The van der Waals surface area contributed by atoms with Crippen LogP contribution in [-0.4, -0.2) is 59.6 Å². The van der Waals surface area contributed by atoms with Crippen molar-refractivity contribution in [2.75, 3.05) is 0 Å². The second-order valence-corrected chi connectivity index (χ2v) is 14.3. The highest BCUT2D eigenvalue weighted by Gasteiger charge is 2.24. The van der Waals surface area contributed by atoms with Gasteiger partial charge in [-0.3, -0.25) is 9.78 Å². The zero-order valence-corrected chi connectivity index (χ0v) is 30.5. The van der Waals surface area contributed by atoms with Gasteiger partial charge in [-0.1, -0.05) is 27.7 Å². The lowest BCUT2D eigenvalue weighted by Crippen LogP contribution is -2.22. The summed E-state index contributed by atoms with van der Waals surface area (Å²) in [5.41, 5.74) is 4.67. The molecule has 6 heterocycles. The Balaban J connectivity index is 0.000000168. The molecule has 0 aliphatic carbocycles. The standard InChI is InChI=1S/C21H22F2N6.C17H14F2N6/c1-12(2)20-25-24-18-9-8-17(26-29(18)20)15-11-28(21(3,4)5)27-19(15)14-7-6-13(22)10-16(14)23;1-9(2)17-23-21-15-6-5-14(24-25(15)17)12-8-20-22-16(12)11-4-3-10(18)7-13(11)19/h6-12H,1-5H3;3-9H,1-2H3,(H,20,22). The molecule has 8 rings (SSSR count). The molecule has 0 bridgehead atoms. The number of H-pyrrole nitrogens is 1. The summed E-state index contributed by atoms with van der Waals surface area (Å²) < 4.78 is 60.5. The molecule has 0 atom stereocenters. The minimum Gasteiger partial charge on any atom is -0.277 e.